The van der Waals surface area contributed by atoms with Gasteiger partial charge in [0.05, 0.1) is 6.04 Å². The Kier molecular flexibility index (Phi) is 4.51. The molecule has 0 amide bonds. The molecule has 0 aromatic heterocycles. The topological polar surface area (TPSA) is 23.6 Å². The largest absolute Gasteiger partial charge is 0.298 e. The number of carbonyl (C=O) groups excluding carboxylic acids is 1. The molecule has 1 aliphatic rings. The Morgan fingerprint density at radius 1 is 1.19 bits per heavy atom. The van der Waals surface area contributed by atoms with Gasteiger partial charge in [0.15, 0.2) is 0 Å². The van der Waals surface area contributed by atoms with Crippen LogP contribution >= 0.6 is 0 Å². The molecule has 0 aromatic carbocycles. The van der Waals surface area contributed by atoms with Crippen molar-refractivity contribution in [3.63, 3.8) is 0 Å². The molecule has 1 unspecified atom stereocenters. The molecule has 1 heterocycles. The van der Waals surface area contributed by atoms with Gasteiger partial charge in [0.1, 0.15) is 5.78 Å². The molecule has 1 rings (SSSR count). The van der Waals surface area contributed by atoms with E-state index < -0.39 is 0 Å². The Balaban J connectivity index is 2.46. The van der Waals surface area contributed by atoms with Crippen LogP contribution in [0.1, 0.15) is 41.0 Å². The van der Waals surface area contributed by atoms with E-state index in [0.717, 1.165) is 26.2 Å². The summed E-state index contributed by atoms with van der Waals surface area (Å²) in [7, 11) is 0. The average molecular weight is 226 g/mol. The van der Waals surface area contributed by atoms with Crippen LogP contribution in [-0.2, 0) is 4.79 Å². The van der Waals surface area contributed by atoms with Gasteiger partial charge in [-0.3, -0.25) is 14.6 Å². The second-order valence-electron chi connectivity index (χ2n) is 5.69. The molecule has 1 saturated heterocycles. The minimum Gasteiger partial charge on any atom is -0.298 e. The first kappa shape index (κ1) is 13.7. The molecule has 1 fully saturated rings. The number of Topliss-reactive ketones (excluding diaryl/α,β-unsaturated/α-hetero) is 1. The molecule has 0 aromatic rings. The summed E-state index contributed by atoms with van der Waals surface area (Å²) in [4.78, 5) is 16.4. The van der Waals surface area contributed by atoms with E-state index in [1.165, 1.54) is 0 Å². The standard InChI is InChI=1S/C13H26N2O/c1-6-12(16)11(2)14-7-9-15(10-8-14)13(3,4)5/h11H,6-10H2,1-5H3. The summed E-state index contributed by atoms with van der Waals surface area (Å²) in [6, 6.07) is 0.104. The number of piperazine rings is 1. The zero-order valence-corrected chi connectivity index (χ0v) is 11.4. The van der Waals surface area contributed by atoms with Crippen molar-refractivity contribution in [3.05, 3.63) is 0 Å². The number of ketones is 1. The second kappa shape index (κ2) is 5.28. The summed E-state index contributed by atoms with van der Waals surface area (Å²) in [5.74, 6) is 0.365. The SMILES string of the molecule is CCC(=O)C(C)N1CCN(C(C)(C)C)CC1. The van der Waals surface area contributed by atoms with Crippen LogP contribution in [0, 0.1) is 0 Å². The molecule has 0 bridgehead atoms. The summed E-state index contributed by atoms with van der Waals surface area (Å²) < 4.78 is 0. The third kappa shape index (κ3) is 3.29. The highest BCUT2D eigenvalue weighted by Gasteiger charge is 2.29. The van der Waals surface area contributed by atoms with E-state index in [1.807, 2.05) is 13.8 Å². The summed E-state index contributed by atoms with van der Waals surface area (Å²) >= 11 is 0. The fourth-order valence-electron chi connectivity index (χ4n) is 2.28. The first-order chi connectivity index (χ1) is 7.36. The molecular formula is C13H26N2O. The maximum Gasteiger partial charge on any atom is 0.149 e. The van der Waals surface area contributed by atoms with E-state index in [4.69, 9.17) is 0 Å². The van der Waals surface area contributed by atoms with Crippen LogP contribution in [0.15, 0.2) is 0 Å². The molecule has 0 N–H and O–H groups in total. The lowest BCUT2D eigenvalue weighted by Crippen LogP contribution is -2.56. The van der Waals surface area contributed by atoms with Gasteiger partial charge in [-0.2, -0.15) is 0 Å². The van der Waals surface area contributed by atoms with Crippen LogP contribution in [0.3, 0.4) is 0 Å². The second-order valence-corrected chi connectivity index (χ2v) is 5.69. The van der Waals surface area contributed by atoms with E-state index in [2.05, 4.69) is 30.6 Å². The van der Waals surface area contributed by atoms with E-state index in [-0.39, 0.29) is 11.6 Å². The maximum atomic E-state index is 11.6. The van der Waals surface area contributed by atoms with Crippen molar-refractivity contribution >= 4 is 5.78 Å². The van der Waals surface area contributed by atoms with Gasteiger partial charge in [-0.25, -0.2) is 0 Å². The Bertz CT molecular complexity index is 237. The van der Waals surface area contributed by atoms with Crippen molar-refractivity contribution in [1.82, 2.24) is 9.80 Å². The smallest absolute Gasteiger partial charge is 0.149 e. The fraction of sp³-hybridized carbons (Fsp3) is 0.923. The van der Waals surface area contributed by atoms with E-state index in [1.54, 1.807) is 0 Å². The number of hydrogen-bond acceptors (Lipinski definition) is 3. The molecule has 0 radical (unpaired) electrons. The Hall–Kier alpha value is -0.410. The lowest BCUT2D eigenvalue weighted by atomic mass is 10.0. The summed E-state index contributed by atoms with van der Waals surface area (Å²) in [5.41, 5.74) is 0.254. The predicted molar refractivity (Wildman–Crippen MR) is 67.7 cm³/mol. The van der Waals surface area contributed by atoms with Crippen molar-refractivity contribution in [1.29, 1.82) is 0 Å². The van der Waals surface area contributed by atoms with Gasteiger partial charge in [0.25, 0.3) is 0 Å². The van der Waals surface area contributed by atoms with Gasteiger partial charge >= 0.3 is 0 Å². The number of carbonyl (C=O) groups is 1. The predicted octanol–water partition coefficient (Wildman–Crippen LogP) is 1.77. The molecule has 0 aliphatic carbocycles. The zero-order valence-electron chi connectivity index (χ0n) is 11.4. The Labute approximate surface area is 99.8 Å². The number of rotatable bonds is 3. The van der Waals surface area contributed by atoms with Crippen molar-refractivity contribution in [3.8, 4) is 0 Å². The average Bonchev–Trinajstić information content (AvgIpc) is 2.26. The summed E-state index contributed by atoms with van der Waals surface area (Å²) in [6.07, 6.45) is 0.653. The van der Waals surface area contributed by atoms with Crippen LogP contribution in [0.25, 0.3) is 0 Å². The highest BCUT2D eigenvalue weighted by molar-refractivity contribution is 5.83. The quantitative estimate of drug-likeness (QED) is 0.733. The minimum absolute atomic E-state index is 0.104. The van der Waals surface area contributed by atoms with E-state index in [0.29, 0.717) is 12.2 Å². The van der Waals surface area contributed by atoms with Gasteiger partial charge in [0, 0.05) is 38.1 Å². The summed E-state index contributed by atoms with van der Waals surface area (Å²) in [5, 5.41) is 0. The highest BCUT2D eigenvalue weighted by atomic mass is 16.1. The van der Waals surface area contributed by atoms with E-state index in [9.17, 15) is 4.79 Å². The van der Waals surface area contributed by atoms with Crippen LogP contribution < -0.4 is 0 Å². The lowest BCUT2D eigenvalue weighted by molar-refractivity contribution is -0.124. The van der Waals surface area contributed by atoms with Gasteiger partial charge in [0.2, 0.25) is 0 Å². The zero-order chi connectivity index (χ0) is 12.3. The van der Waals surface area contributed by atoms with E-state index >= 15 is 0 Å². The summed E-state index contributed by atoms with van der Waals surface area (Å²) in [6.45, 7) is 14.9. The number of hydrogen-bond donors (Lipinski definition) is 0. The van der Waals surface area contributed by atoms with Crippen LogP contribution in [-0.4, -0.2) is 53.3 Å². The van der Waals surface area contributed by atoms with Gasteiger partial charge in [-0.05, 0) is 27.7 Å². The first-order valence-electron chi connectivity index (χ1n) is 6.38. The lowest BCUT2D eigenvalue weighted by Gasteiger charge is -2.43. The van der Waals surface area contributed by atoms with Crippen LogP contribution in [0.5, 0.6) is 0 Å². The minimum atomic E-state index is 0.104. The van der Waals surface area contributed by atoms with Crippen molar-refractivity contribution in [2.45, 2.75) is 52.6 Å². The molecule has 1 atom stereocenters. The molecule has 16 heavy (non-hydrogen) atoms. The van der Waals surface area contributed by atoms with Crippen molar-refractivity contribution in [2.75, 3.05) is 26.2 Å². The van der Waals surface area contributed by atoms with Gasteiger partial charge in [-0.1, -0.05) is 6.92 Å². The third-order valence-corrected chi connectivity index (χ3v) is 3.63. The monoisotopic (exact) mass is 226 g/mol. The maximum absolute atomic E-state index is 11.6. The Morgan fingerprint density at radius 2 is 1.69 bits per heavy atom. The number of nitrogens with zero attached hydrogens (tertiary/aromatic N) is 2. The van der Waals surface area contributed by atoms with Crippen molar-refractivity contribution < 1.29 is 4.79 Å². The molecule has 3 heteroatoms. The fourth-order valence-corrected chi connectivity index (χ4v) is 2.28. The van der Waals surface area contributed by atoms with Crippen LogP contribution in [0.4, 0.5) is 0 Å². The van der Waals surface area contributed by atoms with Gasteiger partial charge in [-0.15, -0.1) is 0 Å². The first-order valence-corrected chi connectivity index (χ1v) is 6.38. The Morgan fingerprint density at radius 3 is 2.06 bits per heavy atom. The molecule has 0 saturated carbocycles. The molecular weight excluding hydrogens is 200 g/mol. The third-order valence-electron chi connectivity index (χ3n) is 3.63. The highest BCUT2D eigenvalue weighted by Crippen LogP contribution is 2.17. The molecule has 3 nitrogen and oxygen atoms in total. The molecule has 0 spiro atoms. The molecule has 1 aliphatic heterocycles. The van der Waals surface area contributed by atoms with Crippen molar-refractivity contribution in [2.24, 2.45) is 0 Å². The molecule has 94 valence electrons. The van der Waals surface area contributed by atoms with Crippen LogP contribution in [0.2, 0.25) is 0 Å². The van der Waals surface area contributed by atoms with Gasteiger partial charge < -0.3 is 0 Å². The normalized spacial score (nSPS) is 22.1.